The van der Waals surface area contributed by atoms with Crippen molar-refractivity contribution in [1.29, 1.82) is 0 Å². The molecule has 0 aromatic heterocycles. The third-order valence-electron chi connectivity index (χ3n) is 5.92. The van der Waals surface area contributed by atoms with Crippen LogP contribution in [-0.2, 0) is 39.0 Å². The number of sulfonamides is 1. The molecule has 0 spiro atoms. The van der Waals surface area contributed by atoms with Crippen molar-refractivity contribution in [1.82, 2.24) is 9.62 Å². The minimum Gasteiger partial charge on any atom is -0.350 e. The zero-order valence-corrected chi connectivity index (χ0v) is 19.9. The molecule has 172 valence electrons. The van der Waals surface area contributed by atoms with Gasteiger partial charge in [-0.25, -0.2) is 8.42 Å². The fraction of sp³-hybridized carbons (Fsp3) is 0.417. The Morgan fingerprint density at radius 1 is 1.03 bits per heavy atom. The van der Waals surface area contributed by atoms with E-state index in [0.29, 0.717) is 30.9 Å². The van der Waals surface area contributed by atoms with Crippen molar-refractivity contribution in [3.8, 4) is 0 Å². The van der Waals surface area contributed by atoms with Gasteiger partial charge in [0.25, 0.3) is 0 Å². The van der Waals surface area contributed by atoms with E-state index >= 15 is 0 Å². The number of fused-ring (bicyclic) bond motifs is 1. The summed E-state index contributed by atoms with van der Waals surface area (Å²) in [5.74, 6) is -0.514. The number of nitrogens with one attached hydrogen (secondary N) is 1. The second-order valence-corrected chi connectivity index (χ2v) is 9.81. The van der Waals surface area contributed by atoms with E-state index in [1.165, 1.54) is 27.8 Å². The number of benzene rings is 2. The molecule has 7 nitrogen and oxygen atoms in total. The maximum Gasteiger partial charge on any atom is 0.243 e. The van der Waals surface area contributed by atoms with Gasteiger partial charge in [-0.15, -0.1) is 0 Å². The molecule has 3 rings (SSSR count). The molecule has 1 heterocycles. The number of amides is 2. The van der Waals surface area contributed by atoms with Crippen molar-refractivity contribution in [2.75, 3.05) is 18.0 Å². The SMILES string of the molecule is CCc1ccc(CNC(=O)C2Cc3cc(S(=O)(=O)N(CC)CC)ccc3N2C(C)=O)cc1. The fourth-order valence-corrected chi connectivity index (χ4v) is 5.61. The maximum absolute atomic E-state index is 13.0. The quantitative estimate of drug-likeness (QED) is 0.660. The average molecular weight is 458 g/mol. The Kier molecular flexibility index (Phi) is 7.36. The Morgan fingerprint density at radius 2 is 1.66 bits per heavy atom. The Labute approximate surface area is 190 Å². The summed E-state index contributed by atoms with van der Waals surface area (Å²) >= 11 is 0. The molecular weight excluding hydrogens is 426 g/mol. The summed E-state index contributed by atoms with van der Waals surface area (Å²) in [6.45, 7) is 8.20. The third-order valence-corrected chi connectivity index (χ3v) is 7.96. The second kappa shape index (κ2) is 9.83. The summed E-state index contributed by atoms with van der Waals surface area (Å²) in [6.07, 6.45) is 1.23. The summed E-state index contributed by atoms with van der Waals surface area (Å²) in [5, 5.41) is 2.92. The van der Waals surface area contributed by atoms with Crippen molar-refractivity contribution >= 4 is 27.5 Å². The smallest absolute Gasteiger partial charge is 0.243 e. The zero-order chi connectivity index (χ0) is 23.5. The Morgan fingerprint density at radius 3 is 2.22 bits per heavy atom. The number of hydrogen-bond acceptors (Lipinski definition) is 4. The van der Waals surface area contributed by atoms with E-state index in [9.17, 15) is 18.0 Å². The van der Waals surface area contributed by atoms with Gasteiger partial charge in [0, 0.05) is 38.7 Å². The maximum atomic E-state index is 13.0. The molecule has 1 aliphatic heterocycles. The molecule has 1 atom stereocenters. The molecule has 0 aliphatic carbocycles. The van der Waals surface area contributed by atoms with Crippen molar-refractivity contribution in [3.63, 3.8) is 0 Å². The van der Waals surface area contributed by atoms with E-state index in [2.05, 4.69) is 12.2 Å². The van der Waals surface area contributed by atoms with Crippen LogP contribution in [0.3, 0.4) is 0 Å². The van der Waals surface area contributed by atoms with Crippen LogP contribution >= 0.6 is 0 Å². The number of carbonyl (C=O) groups excluding carboxylic acids is 2. The van der Waals surface area contributed by atoms with Gasteiger partial charge in [0.1, 0.15) is 6.04 Å². The topological polar surface area (TPSA) is 86.8 Å². The molecule has 1 aliphatic rings. The minimum atomic E-state index is -3.62. The summed E-state index contributed by atoms with van der Waals surface area (Å²) in [6, 6.07) is 12.1. The minimum absolute atomic E-state index is 0.181. The van der Waals surface area contributed by atoms with E-state index in [4.69, 9.17) is 0 Å². The lowest BCUT2D eigenvalue weighted by Crippen LogP contribution is -2.47. The first-order chi connectivity index (χ1) is 15.2. The molecule has 1 N–H and O–H groups in total. The second-order valence-electron chi connectivity index (χ2n) is 7.88. The Balaban J connectivity index is 1.81. The predicted molar refractivity (Wildman–Crippen MR) is 125 cm³/mol. The van der Waals surface area contributed by atoms with Gasteiger partial charge in [0.2, 0.25) is 21.8 Å². The molecule has 0 saturated heterocycles. The predicted octanol–water partition coefficient (Wildman–Crippen LogP) is 2.87. The summed E-state index contributed by atoms with van der Waals surface area (Å²) in [7, 11) is -3.62. The molecule has 8 heteroatoms. The highest BCUT2D eigenvalue weighted by atomic mass is 32.2. The number of nitrogens with zero attached hydrogens (tertiary/aromatic N) is 2. The highest BCUT2D eigenvalue weighted by Gasteiger charge is 2.37. The number of hydrogen-bond donors (Lipinski definition) is 1. The molecule has 2 amide bonds. The first kappa shape index (κ1) is 23.9. The van der Waals surface area contributed by atoms with E-state index in [1.807, 2.05) is 24.3 Å². The van der Waals surface area contributed by atoms with Gasteiger partial charge < -0.3 is 5.32 Å². The first-order valence-corrected chi connectivity index (χ1v) is 12.4. The molecule has 0 bridgehead atoms. The van der Waals surface area contributed by atoms with Gasteiger partial charge in [-0.1, -0.05) is 45.0 Å². The van der Waals surface area contributed by atoms with Gasteiger partial charge in [-0.05, 0) is 41.3 Å². The van der Waals surface area contributed by atoms with E-state index in [1.54, 1.807) is 26.0 Å². The average Bonchev–Trinajstić information content (AvgIpc) is 3.17. The van der Waals surface area contributed by atoms with Crippen LogP contribution in [0.15, 0.2) is 47.4 Å². The van der Waals surface area contributed by atoms with E-state index in [0.717, 1.165) is 12.0 Å². The number of anilines is 1. The third kappa shape index (κ3) is 4.71. The zero-order valence-electron chi connectivity index (χ0n) is 19.1. The van der Waals surface area contributed by atoms with Crippen LogP contribution in [0.2, 0.25) is 0 Å². The van der Waals surface area contributed by atoms with Crippen LogP contribution in [0, 0.1) is 0 Å². The molecule has 2 aromatic carbocycles. The number of rotatable bonds is 8. The highest BCUT2D eigenvalue weighted by Crippen LogP contribution is 2.35. The monoisotopic (exact) mass is 457 g/mol. The van der Waals surface area contributed by atoms with Crippen LogP contribution in [0.25, 0.3) is 0 Å². The number of carbonyl (C=O) groups is 2. The van der Waals surface area contributed by atoms with Crippen LogP contribution in [0.5, 0.6) is 0 Å². The Hall–Kier alpha value is -2.71. The molecule has 2 aromatic rings. The number of aryl methyl sites for hydroxylation is 1. The van der Waals surface area contributed by atoms with Crippen molar-refractivity contribution in [3.05, 3.63) is 59.2 Å². The van der Waals surface area contributed by atoms with E-state index < -0.39 is 16.1 Å². The molecular formula is C24H31N3O4S. The molecule has 0 radical (unpaired) electrons. The van der Waals surface area contributed by atoms with Crippen molar-refractivity contribution in [2.24, 2.45) is 0 Å². The Bertz CT molecular complexity index is 1090. The van der Waals surface area contributed by atoms with Crippen LogP contribution in [0.4, 0.5) is 5.69 Å². The van der Waals surface area contributed by atoms with Crippen LogP contribution in [0.1, 0.15) is 44.4 Å². The summed E-state index contributed by atoms with van der Waals surface area (Å²) in [5.41, 5.74) is 3.47. The van der Waals surface area contributed by atoms with Crippen LogP contribution in [-0.4, -0.2) is 43.7 Å². The summed E-state index contributed by atoms with van der Waals surface area (Å²) in [4.78, 5) is 27.0. The normalized spacial score (nSPS) is 15.7. The standard InChI is InChI=1S/C24H31N3O4S/c1-5-18-8-10-19(11-9-18)16-25-24(29)23-15-20-14-21(32(30,31)26(6-2)7-3)12-13-22(20)27(23)17(4)28/h8-14,23H,5-7,15-16H2,1-4H3,(H,25,29). The molecule has 1 unspecified atom stereocenters. The van der Waals surface area contributed by atoms with Gasteiger partial charge in [-0.3, -0.25) is 14.5 Å². The largest absolute Gasteiger partial charge is 0.350 e. The lowest BCUT2D eigenvalue weighted by molar-refractivity contribution is -0.125. The lowest BCUT2D eigenvalue weighted by atomic mass is 10.1. The highest BCUT2D eigenvalue weighted by molar-refractivity contribution is 7.89. The lowest BCUT2D eigenvalue weighted by Gasteiger charge is -2.23. The van der Waals surface area contributed by atoms with Gasteiger partial charge in [0.15, 0.2) is 0 Å². The fourth-order valence-electron chi connectivity index (χ4n) is 4.10. The van der Waals surface area contributed by atoms with E-state index in [-0.39, 0.29) is 23.1 Å². The van der Waals surface area contributed by atoms with Gasteiger partial charge >= 0.3 is 0 Å². The summed E-state index contributed by atoms with van der Waals surface area (Å²) < 4.78 is 27.2. The molecule has 0 fully saturated rings. The molecule has 0 saturated carbocycles. The first-order valence-electron chi connectivity index (χ1n) is 11.0. The molecule has 32 heavy (non-hydrogen) atoms. The van der Waals surface area contributed by atoms with Crippen molar-refractivity contribution in [2.45, 2.75) is 58.0 Å². The van der Waals surface area contributed by atoms with Crippen LogP contribution < -0.4 is 10.2 Å². The van der Waals surface area contributed by atoms with Gasteiger partial charge in [-0.2, -0.15) is 4.31 Å². The van der Waals surface area contributed by atoms with Gasteiger partial charge in [0.05, 0.1) is 4.90 Å². The van der Waals surface area contributed by atoms with Crippen molar-refractivity contribution < 1.29 is 18.0 Å².